The van der Waals surface area contributed by atoms with Gasteiger partial charge in [0.05, 0.1) is 5.56 Å². The van der Waals surface area contributed by atoms with Crippen molar-refractivity contribution in [2.45, 2.75) is 39.3 Å². The van der Waals surface area contributed by atoms with E-state index in [1.807, 2.05) is 12.3 Å². The zero-order chi connectivity index (χ0) is 20.9. The Bertz CT molecular complexity index is 986. The van der Waals surface area contributed by atoms with Crippen molar-refractivity contribution in [3.05, 3.63) is 89.2 Å². The Morgan fingerprint density at radius 3 is 2.37 bits per heavy atom. The maximum Gasteiger partial charge on any atom is 0.252 e. The summed E-state index contributed by atoms with van der Waals surface area (Å²) in [6.07, 6.45) is 5.64. The Kier molecular flexibility index (Phi) is 6.24. The summed E-state index contributed by atoms with van der Waals surface area (Å²) in [4.78, 5) is 16.6. The lowest BCUT2D eigenvalue weighted by atomic mass is 10.0. The molecule has 154 valence electrons. The molecule has 1 heterocycles. The van der Waals surface area contributed by atoms with Crippen LogP contribution < -0.4 is 10.6 Å². The minimum absolute atomic E-state index is 0.0727. The van der Waals surface area contributed by atoms with E-state index in [1.165, 1.54) is 16.7 Å². The number of pyridine rings is 1. The zero-order valence-electron chi connectivity index (χ0n) is 17.7. The second-order valence-electron chi connectivity index (χ2n) is 8.52. The largest absolute Gasteiger partial charge is 0.352 e. The van der Waals surface area contributed by atoms with Crippen molar-refractivity contribution in [2.75, 3.05) is 6.54 Å². The topological polar surface area (TPSA) is 54.0 Å². The van der Waals surface area contributed by atoms with E-state index >= 15 is 0 Å². The molecule has 2 N–H and O–H groups in total. The van der Waals surface area contributed by atoms with Crippen LogP contribution in [0.2, 0.25) is 0 Å². The molecule has 0 bridgehead atoms. The first-order chi connectivity index (χ1) is 14.6. The fraction of sp³-hybridized carbons (Fsp3) is 0.308. The average Bonchev–Trinajstić information content (AvgIpc) is 3.19. The van der Waals surface area contributed by atoms with Crippen LogP contribution in [-0.4, -0.2) is 23.5 Å². The van der Waals surface area contributed by atoms with Gasteiger partial charge in [-0.25, -0.2) is 0 Å². The number of aromatic nitrogens is 1. The lowest BCUT2D eigenvalue weighted by Crippen LogP contribution is -2.28. The Morgan fingerprint density at radius 1 is 1.00 bits per heavy atom. The van der Waals surface area contributed by atoms with Gasteiger partial charge in [-0.15, -0.1) is 0 Å². The van der Waals surface area contributed by atoms with Gasteiger partial charge in [0, 0.05) is 37.1 Å². The fourth-order valence-electron chi connectivity index (χ4n) is 3.90. The van der Waals surface area contributed by atoms with Crippen LogP contribution in [0.3, 0.4) is 0 Å². The normalized spacial score (nSPS) is 13.4. The van der Waals surface area contributed by atoms with Gasteiger partial charge in [0.1, 0.15) is 0 Å². The van der Waals surface area contributed by atoms with E-state index in [9.17, 15) is 4.79 Å². The number of nitrogens with one attached hydrogen (secondary N) is 2. The second-order valence-corrected chi connectivity index (χ2v) is 8.52. The Morgan fingerprint density at radius 2 is 1.70 bits per heavy atom. The number of benzene rings is 2. The predicted molar refractivity (Wildman–Crippen MR) is 121 cm³/mol. The Balaban J connectivity index is 1.36. The molecule has 0 radical (unpaired) electrons. The van der Waals surface area contributed by atoms with Gasteiger partial charge in [0.15, 0.2) is 0 Å². The molecule has 0 aliphatic heterocycles. The third kappa shape index (κ3) is 4.95. The van der Waals surface area contributed by atoms with Gasteiger partial charge >= 0.3 is 0 Å². The monoisotopic (exact) mass is 399 g/mol. The van der Waals surface area contributed by atoms with Gasteiger partial charge in [-0.1, -0.05) is 62.4 Å². The lowest BCUT2D eigenvalue weighted by molar-refractivity contribution is 0.0948. The Hall–Kier alpha value is -2.98. The fourth-order valence-corrected chi connectivity index (χ4v) is 3.90. The number of hydrogen-bond acceptors (Lipinski definition) is 3. The highest BCUT2D eigenvalue weighted by Gasteiger charge is 2.20. The van der Waals surface area contributed by atoms with E-state index in [0.29, 0.717) is 24.1 Å². The van der Waals surface area contributed by atoms with E-state index in [4.69, 9.17) is 0 Å². The van der Waals surface area contributed by atoms with Crippen LogP contribution in [0.1, 0.15) is 40.9 Å². The van der Waals surface area contributed by atoms with Crippen molar-refractivity contribution < 1.29 is 4.79 Å². The molecule has 0 unspecified atom stereocenters. The van der Waals surface area contributed by atoms with Crippen molar-refractivity contribution in [1.82, 2.24) is 15.6 Å². The lowest BCUT2D eigenvalue weighted by Gasteiger charge is -2.12. The van der Waals surface area contributed by atoms with Gasteiger partial charge in [-0.05, 0) is 47.1 Å². The molecule has 0 saturated heterocycles. The molecule has 0 spiro atoms. The zero-order valence-corrected chi connectivity index (χ0v) is 17.7. The van der Waals surface area contributed by atoms with Crippen molar-refractivity contribution in [1.29, 1.82) is 0 Å². The van der Waals surface area contributed by atoms with Crippen LogP contribution in [0, 0.1) is 5.92 Å². The molecule has 1 aliphatic carbocycles. The molecule has 1 aromatic heterocycles. The molecule has 1 aliphatic rings. The van der Waals surface area contributed by atoms with E-state index in [0.717, 1.165) is 30.5 Å². The molecule has 4 nitrogen and oxygen atoms in total. The number of rotatable bonds is 7. The van der Waals surface area contributed by atoms with Gasteiger partial charge in [0.25, 0.3) is 5.91 Å². The number of amides is 1. The summed E-state index contributed by atoms with van der Waals surface area (Å²) < 4.78 is 0. The molecule has 4 heteroatoms. The standard InChI is InChI=1S/C26H29N3O/c1-18(2)14-29-26(30)24-11-23(16-27-17-24)20-9-7-19(8-10-20)15-28-25-12-21-5-3-4-6-22(21)13-25/h3-11,16-18,25,28H,12-15H2,1-2H3,(H,29,30). The molecular weight excluding hydrogens is 370 g/mol. The minimum Gasteiger partial charge on any atom is -0.352 e. The predicted octanol–water partition coefficient (Wildman–Crippen LogP) is 4.39. The molecule has 0 atom stereocenters. The maximum absolute atomic E-state index is 12.3. The maximum atomic E-state index is 12.3. The first-order valence-electron chi connectivity index (χ1n) is 10.7. The summed E-state index contributed by atoms with van der Waals surface area (Å²) in [5.41, 5.74) is 6.81. The molecule has 4 rings (SSSR count). The first-order valence-corrected chi connectivity index (χ1v) is 10.7. The average molecular weight is 400 g/mol. The first kappa shape index (κ1) is 20.3. The van der Waals surface area contributed by atoms with Crippen LogP contribution in [0.5, 0.6) is 0 Å². The smallest absolute Gasteiger partial charge is 0.252 e. The summed E-state index contributed by atoms with van der Waals surface area (Å²) in [6, 6.07) is 19.6. The van der Waals surface area contributed by atoms with Gasteiger partial charge in [0.2, 0.25) is 0 Å². The molecule has 3 aromatic rings. The summed E-state index contributed by atoms with van der Waals surface area (Å²) >= 11 is 0. The van der Waals surface area contributed by atoms with E-state index < -0.39 is 0 Å². The molecule has 2 aromatic carbocycles. The molecule has 0 saturated carbocycles. The number of nitrogens with zero attached hydrogens (tertiary/aromatic N) is 1. The van der Waals surface area contributed by atoms with Crippen molar-refractivity contribution in [3.8, 4) is 11.1 Å². The van der Waals surface area contributed by atoms with Crippen molar-refractivity contribution in [2.24, 2.45) is 5.92 Å². The minimum atomic E-state index is -0.0727. The number of carbonyl (C=O) groups is 1. The molecule has 30 heavy (non-hydrogen) atoms. The van der Waals surface area contributed by atoms with Crippen LogP contribution in [-0.2, 0) is 19.4 Å². The SMILES string of the molecule is CC(C)CNC(=O)c1cncc(-c2ccc(CNC3Cc4ccccc4C3)cc2)c1. The molecular formula is C26H29N3O. The number of carbonyl (C=O) groups excluding carboxylic acids is 1. The van der Waals surface area contributed by atoms with Gasteiger partial charge < -0.3 is 10.6 Å². The summed E-state index contributed by atoms with van der Waals surface area (Å²) in [6.45, 7) is 5.68. The van der Waals surface area contributed by atoms with Crippen LogP contribution in [0.25, 0.3) is 11.1 Å². The Labute approximate surface area is 178 Å². The van der Waals surface area contributed by atoms with Crippen molar-refractivity contribution in [3.63, 3.8) is 0 Å². The van der Waals surface area contributed by atoms with Crippen molar-refractivity contribution >= 4 is 5.91 Å². The highest BCUT2D eigenvalue weighted by molar-refractivity contribution is 5.95. The third-order valence-corrected chi connectivity index (χ3v) is 5.60. The number of fused-ring (bicyclic) bond motifs is 1. The highest BCUT2D eigenvalue weighted by Crippen LogP contribution is 2.23. The van der Waals surface area contributed by atoms with E-state index in [-0.39, 0.29) is 5.91 Å². The molecule has 1 amide bonds. The van der Waals surface area contributed by atoms with Crippen LogP contribution in [0.15, 0.2) is 67.0 Å². The number of hydrogen-bond donors (Lipinski definition) is 2. The van der Waals surface area contributed by atoms with Crippen LogP contribution in [0.4, 0.5) is 0 Å². The summed E-state index contributed by atoms with van der Waals surface area (Å²) in [5.74, 6) is 0.348. The van der Waals surface area contributed by atoms with E-state index in [2.05, 4.69) is 78.0 Å². The highest BCUT2D eigenvalue weighted by atomic mass is 16.1. The quantitative estimate of drug-likeness (QED) is 0.619. The second kappa shape index (κ2) is 9.23. The summed E-state index contributed by atoms with van der Waals surface area (Å²) in [7, 11) is 0. The van der Waals surface area contributed by atoms with Gasteiger partial charge in [-0.3, -0.25) is 9.78 Å². The molecule has 0 fully saturated rings. The third-order valence-electron chi connectivity index (χ3n) is 5.60. The van der Waals surface area contributed by atoms with Gasteiger partial charge in [-0.2, -0.15) is 0 Å². The van der Waals surface area contributed by atoms with Crippen LogP contribution >= 0.6 is 0 Å². The summed E-state index contributed by atoms with van der Waals surface area (Å²) in [5, 5.41) is 6.63. The van der Waals surface area contributed by atoms with E-state index in [1.54, 1.807) is 6.20 Å².